The van der Waals surface area contributed by atoms with Crippen LogP contribution < -0.4 is 82.7 Å². The van der Waals surface area contributed by atoms with Crippen molar-refractivity contribution in [1.29, 1.82) is 0 Å². The van der Waals surface area contributed by atoms with Crippen LogP contribution >= 0.6 is 11.8 Å². The molecule has 9 atom stereocenters. The zero-order valence-electron chi connectivity index (χ0n) is 44.2. The number of fused-ring (bicyclic) bond motifs is 1. The fourth-order valence-electron chi connectivity index (χ4n) is 7.57. The van der Waals surface area contributed by atoms with Gasteiger partial charge in [0.15, 0.2) is 11.9 Å². The highest BCUT2D eigenvalue weighted by Gasteiger charge is 2.36. The number of nitrogens with two attached hydrogens (primary N) is 7. The number of aliphatic imine (C=N–C) groups is 2. The maximum Gasteiger partial charge on any atom is 0.326 e. The van der Waals surface area contributed by atoms with Crippen LogP contribution in [-0.4, -0.2) is 191 Å². The van der Waals surface area contributed by atoms with E-state index in [1.165, 1.54) is 11.8 Å². The van der Waals surface area contributed by atoms with Crippen molar-refractivity contribution in [3.8, 4) is 0 Å². The Morgan fingerprint density at radius 3 is 1.77 bits per heavy atom. The number of unbranched alkanes of at least 4 members (excludes halogenated alkanes) is 1. The van der Waals surface area contributed by atoms with Crippen LogP contribution in [0.5, 0.6) is 0 Å². The molecule has 1 heterocycles. The molecule has 0 aliphatic carbocycles. The Bertz CT molecular complexity index is 2430. The fourth-order valence-corrected chi connectivity index (χ4v) is 8.04. The van der Waals surface area contributed by atoms with Crippen molar-refractivity contribution in [3.63, 3.8) is 0 Å². The number of aliphatic carboxylic acids is 1. The third-order valence-corrected chi connectivity index (χ3v) is 12.4. The number of aliphatic hydroxyl groups excluding tert-OH is 2. The fraction of sp³-hybridized carbons (Fsp3) is 0.574. The van der Waals surface area contributed by atoms with Crippen LogP contribution in [0.4, 0.5) is 0 Å². The highest BCUT2D eigenvalue weighted by Crippen LogP contribution is 2.20. The molecule has 0 aliphatic rings. The standard InChI is InChI=1S/C47H78N18O13S/c1-24(67)37(65-40(72)29(13-8-17-56-47(53)54)59-36(69)22-58-38(70)27(49)10-7-16-55-46(51)52)44(76)64-34(23-66)43(75)63-33(20-35(50)68)42(74)62-32(19-25-21-57-28-11-4-3-9-26(25)28)41(73)60-30(12-5-6-15-48)39(71)61-31(45(77)78)14-18-79-2/h3-4,9,11,21,24,27,29-34,37,57,66-67H,5-8,10,12-20,22-23,48-49H2,1-2H3,(H2,50,68)(H,58,70)(H,59,69)(H,60,73)(H,61,71)(H,62,74)(H,63,75)(H,64,76)(H,65,72)(H,77,78)(H4,51,52,55)(H4,53,54,56)/t24-,27+,29+,30+,31+,32+,33+,34+,37+/m1/s1. The number of hydrogen-bond acceptors (Lipinski definition) is 17. The van der Waals surface area contributed by atoms with Gasteiger partial charge in [-0.2, -0.15) is 11.8 Å². The Labute approximate surface area is 459 Å². The van der Waals surface area contributed by atoms with Gasteiger partial charge in [-0.15, -0.1) is 0 Å². The summed E-state index contributed by atoms with van der Waals surface area (Å²) in [5.74, 6) is -10.4. The van der Waals surface area contributed by atoms with Crippen molar-refractivity contribution < 1.29 is 63.3 Å². The summed E-state index contributed by atoms with van der Waals surface area (Å²) in [6.45, 7) is -0.239. The number of guanidine groups is 2. The molecule has 31 nitrogen and oxygen atoms in total. The van der Waals surface area contributed by atoms with Crippen LogP contribution in [0.2, 0.25) is 0 Å². The van der Waals surface area contributed by atoms with E-state index >= 15 is 0 Å². The molecule has 9 amide bonds. The quantitative estimate of drug-likeness (QED) is 0.0169. The molecule has 32 heteroatoms. The maximum atomic E-state index is 14.3. The molecule has 0 fully saturated rings. The zero-order valence-corrected chi connectivity index (χ0v) is 45.0. The number of nitrogens with zero attached hydrogens (tertiary/aromatic N) is 2. The maximum absolute atomic E-state index is 14.3. The molecule has 440 valence electrons. The number of benzene rings is 1. The Hall–Kier alpha value is -7.81. The molecule has 26 N–H and O–H groups in total. The molecule has 0 saturated heterocycles. The third kappa shape index (κ3) is 25.0. The Morgan fingerprint density at radius 1 is 0.646 bits per heavy atom. The Morgan fingerprint density at radius 2 is 1.18 bits per heavy atom. The van der Waals surface area contributed by atoms with E-state index in [4.69, 9.17) is 40.1 Å². The van der Waals surface area contributed by atoms with Crippen molar-refractivity contribution in [2.24, 2.45) is 50.1 Å². The highest BCUT2D eigenvalue weighted by atomic mass is 32.2. The summed E-state index contributed by atoms with van der Waals surface area (Å²) in [5, 5.41) is 50.5. The molecule has 0 saturated carbocycles. The van der Waals surface area contributed by atoms with Gasteiger partial charge in [0.25, 0.3) is 0 Å². The van der Waals surface area contributed by atoms with Gasteiger partial charge in [0.05, 0.1) is 31.7 Å². The van der Waals surface area contributed by atoms with Gasteiger partial charge in [-0.3, -0.25) is 53.1 Å². The number of aromatic amines is 1. The number of aromatic nitrogens is 1. The van der Waals surface area contributed by atoms with Gasteiger partial charge in [0, 0.05) is 36.6 Å². The van der Waals surface area contributed by atoms with Crippen LogP contribution in [0.25, 0.3) is 10.9 Å². The number of amides is 9. The number of carboxylic acid groups (broad SMARTS) is 1. The monoisotopic (exact) mass is 1130 g/mol. The topological polar surface area (TPSA) is 550 Å². The first-order valence-corrected chi connectivity index (χ1v) is 26.6. The number of rotatable bonds is 38. The average Bonchev–Trinajstić information content (AvgIpc) is 3.84. The number of thioether (sulfide) groups is 1. The van der Waals surface area contributed by atoms with Gasteiger partial charge in [-0.05, 0) is 88.5 Å². The van der Waals surface area contributed by atoms with Gasteiger partial charge in [-0.1, -0.05) is 18.2 Å². The van der Waals surface area contributed by atoms with Crippen molar-refractivity contribution >= 4 is 93.7 Å². The van der Waals surface area contributed by atoms with E-state index in [0.717, 1.165) is 6.92 Å². The minimum Gasteiger partial charge on any atom is -0.480 e. The lowest BCUT2D eigenvalue weighted by molar-refractivity contribution is -0.142. The Kier molecular flexibility index (Phi) is 30.3. The van der Waals surface area contributed by atoms with E-state index in [2.05, 4.69) is 57.5 Å². The van der Waals surface area contributed by atoms with E-state index in [9.17, 15) is 63.3 Å². The van der Waals surface area contributed by atoms with Gasteiger partial charge < -0.3 is 103 Å². The van der Waals surface area contributed by atoms with Crippen molar-refractivity contribution in [1.82, 2.24) is 47.5 Å². The molecule has 1 aromatic heterocycles. The molecule has 0 radical (unpaired) electrons. The van der Waals surface area contributed by atoms with E-state index in [0.29, 0.717) is 41.5 Å². The molecular formula is C47H78N18O13S. The smallest absolute Gasteiger partial charge is 0.326 e. The van der Waals surface area contributed by atoms with Crippen LogP contribution in [0.1, 0.15) is 70.3 Å². The number of primary amides is 1. The number of carbonyl (C=O) groups is 10. The number of H-pyrrole nitrogens is 1. The first-order chi connectivity index (χ1) is 37.4. The second kappa shape index (κ2) is 35.6. The summed E-state index contributed by atoms with van der Waals surface area (Å²) in [5.41, 5.74) is 39.6. The first kappa shape index (κ1) is 67.3. The number of para-hydroxylation sites is 1. The SMILES string of the molecule is CSCC[C@H](NC(=O)[C@H](CCCCN)NC(=O)[C@H](Cc1c[nH]c2ccccc12)NC(=O)[C@H](CC(N)=O)NC(=O)[C@H](CO)NC(=O)[C@@H](NC(=O)[C@H](CCCN=C(N)N)NC(=O)CNC(=O)[C@@H](N)CCCN=C(N)N)[C@@H](C)O)C(=O)O. The zero-order chi connectivity index (χ0) is 59.2. The third-order valence-electron chi connectivity index (χ3n) is 11.8. The van der Waals surface area contributed by atoms with Crippen LogP contribution in [0.15, 0.2) is 40.4 Å². The Balaban J connectivity index is 2.37. The van der Waals surface area contributed by atoms with Crippen molar-refractivity contribution in [2.75, 3.05) is 44.8 Å². The van der Waals surface area contributed by atoms with E-state index in [1.807, 2.05) is 0 Å². The van der Waals surface area contributed by atoms with Gasteiger partial charge in [0.1, 0.15) is 42.3 Å². The predicted molar refractivity (Wildman–Crippen MR) is 292 cm³/mol. The normalized spacial score (nSPS) is 14.4. The minimum absolute atomic E-state index is 0.00217. The number of hydrogen-bond donors (Lipinski definition) is 19. The average molecular weight is 1140 g/mol. The molecule has 0 unspecified atom stereocenters. The van der Waals surface area contributed by atoms with Gasteiger partial charge in [0.2, 0.25) is 53.2 Å². The molecule has 1 aromatic carbocycles. The van der Waals surface area contributed by atoms with E-state index < -0.39 is 133 Å². The van der Waals surface area contributed by atoms with Crippen molar-refractivity contribution in [3.05, 3.63) is 36.0 Å². The predicted octanol–water partition coefficient (Wildman–Crippen LogP) is -7.13. The number of nitrogens with one attached hydrogen (secondary N) is 9. The lowest BCUT2D eigenvalue weighted by Gasteiger charge is -2.28. The van der Waals surface area contributed by atoms with Crippen LogP contribution in [0.3, 0.4) is 0 Å². The van der Waals surface area contributed by atoms with Gasteiger partial charge >= 0.3 is 5.97 Å². The number of aliphatic hydroxyl groups is 2. The minimum atomic E-state index is -1.94. The molecule has 2 aromatic rings. The second-order valence-electron chi connectivity index (χ2n) is 18.2. The highest BCUT2D eigenvalue weighted by molar-refractivity contribution is 7.98. The summed E-state index contributed by atoms with van der Waals surface area (Å²) in [4.78, 5) is 144. The first-order valence-electron chi connectivity index (χ1n) is 25.2. The largest absolute Gasteiger partial charge is 0.480 e. The summed E-state index contributed by atoms with van der Waals surface area (Å²) in [6.07, 6.45) is 1.86. The van der Waals surface area contributed by atoms with Crippen LogP contribution in [-0.2, 0) is 54.4 Å². The molecule has 0 bridgehead atoms. The summed E-state index contributed by atoms with van der Waals surface area (Å²) < 4.78 is 0. The van der Waals surface area contributed by atoms with E-state index in [-0.39, 0.29) is 70.1 Å². The summed E-state index contributed by atoms with van der Waals surface area (Å²) in [7, 11) is 0. The molecule has 0 spiro atoms. The molecule has 0 aliphatic heterocycles. The number of carboxylic acids is 1. The lowest BCUT2D eigenvalue weighted by Crippen LogP contribution is -2.62. The molecule has 2 rings (SSSR count). The molecule has 79 heavy (non-hydrogen) atoms. The van der Waals surface area contributed by atoms with Gasteiger partial charge in [-0.25, -0.2) is 4.79 Å². The molecular weight excluding hydrogens is 1060 g/mol. The van der Waals surface area contributed by atoms with Crippen LogP contribution in [0, 0.1) is 0 Å². The lowest BCUT2D eigenvalue weighted by atomic mass is 10.0. The number of carbonyl (C=O) groups excluding carboxylic acids is 9. The summed E-state index contributed by atoms with van der Waals surface area (Å²) >= 11 is 1.37. The second-order valence-corrected chi connectivity index (χ2v) is 19.2. The van der Waals surface area contributed by atoms with E-state index in [1.54, 1.807) is 36.7 Å². The summed E-state index contributed by atoms with van der Waals surface area (Å²) in [6, 6.07) is -5.32. The van der Waals surface area contributed by atoms with Crippen molar-refractivity contribution in [2.45, 2.75) is 126 Å².